The van der Waals surface area contributed by atoms with Crippen LogP contribution in [0.3, 0.4) is 0 Å². The maximum atomic E-state index is 14.3. The van der Waals surface area contributed by atoms with E-state index in [2.05, 4.69) is 22.3 Å². The molecule has 0 radical (unpaired) electrons. The van der Waals surface area contributed by atoms with Crippen molar-refractivity contribution in [2.75, 3.05) is 16.8 Å². The van der Waals surface area contributed by atoms with Gasteiger partial charge < -0.3 is 10.2 Å². The van der Waals surface area contributed by atoms with Crippen LogP contribution in [0.2, 0.25) is 0 Å². The highest BCUT2D eigenvalue weighted by atomic mass is 19.1. The Hall–Kier alpha value is -3.55. The molecule has 1 atom stereocenters. The Balaban J connectivity index is 1.43. The van der Waals surface area contributed by atoms with Crippen LogP contribution in [-0.4, -0.2) is 33.1 Å². The normalized spacial score (nSPS) is 16.3. The van der Waals surface area contributed by atoms with Gasteiger partial charge in [-0.1, -0.05) is 19.1 Å². The monoisotopic (exact) mass is 393 g/mol. The molecule has 3 aromatic rings. The highest BCUT2D eigenvalue weighted by Gasteiger charge is 2.35. The third-order valence-corrected chi connectivity index (χ3v) is 5.03. The van der Waals surface area contributed by atoms with E-state index in [-0.39, 0.29) is 23.9 Å². The molecule has 2 aromatic carbocycles. The summed E-state index contributed by atoms with van der Waals surface area (Å²) < 4.78 is 15.6. The van der Waals surface area contributed by atoms with Crippen molar-refractivity contribution in [3.8, 4) is 5.69 Å². The molecular formula is C21H20FN5O2. The Bertz CT molecular complexity index is 1030. The van der Waals surface area contributed by atoms with Gasteiger partial charge in [0, 0.05) is 24.3 Å². The molecule has 0 aliphatic carbocycles. The van der Waals surface area contributed by atoms with Crippen molar-refractivity contribution >= 4 is 23.2 Å². The molecule has 7 nitrogen and oxygen atoms in total. The van der Waals surface area contributed by atoms with E-state index in [4.69, 9.17) is 0 Å². The van der Waals surface area contributed by atoms with Gasteiger partial charge in [0.05, 0.1) is 5.92 Å². The summed E-state index contributed by atoms with van der Waals surface area (Å²) in [5.74, 6) is -1.43. The summed E-state index contributed by atoms with van der Waals surface area (Å²) in [5.41, 5.74) is 2.53. The molecular weight excluding hydrogens is 373 g/mol. The van der Waals surface area contributed by atoms with E-state index in [1.54, 1.807) is 11.0 Å². The summed E-state index contributed by atoms with van der Waals surface area (Å²) in [5, 5.41) is 6.60. The van der Waals surface area contributed by atoms with Crippen LogP contribution in [0.4, 0.5) is 15.8 Å². The molecule has 2 amide bonds. The Morgan fingerprint density at radius 3 is 2.69 bits per heavy atom. The molecule has 1 aliphatic heterocycles. The molecule has 0 saturated carbocycles. The van der Waals surface area contributed by atoms with E-state index in [1.165, 1.54) is 35.0 Å². The quantitative estimate of drug-likeness (QED) is 0.723. The number of carbonyl (C=O) groups excluding carboxylic acids is 2. The molecule has 1 aliphatic rings. The Morgan fingerprint density at radius 1 is 1.24 bits per heavy atom. The van der Waals surface area contributed by atoms with Crippen molar-refractivity contribution in [2.24, 2.45) is 5.92 Å². The first-order chi connectivity index (χ1) is 14.0. The van der Waals surface area contributed by atoms with Crippen LogP contribution in [0.15, 0.2) is 55.1 Å². The number of amides is 2. The lowest BCUT2D eigenvalue weighted by Crippen LogP contribution is -2.28. The van der Waals surface area contributed by atoms with Crippen molar-refractivity contribution in [2.45, 2.75) is 19.8 Å². The van der Waals surface area contributed by atoms with Crippen LogP contribution in [0.5, 0.6) is 0 Å². The predicted octanol–water partition coefficient (Wildman–Crippen LogP) is 2.96. The van der Waals surface area contributed by atoms with E-state index in [1.807, 2.05) is 24.3 Å². The van der Waals surface area contributed by atoms with E-state index in [0.717, 1.165) is 12.1 Å². The van der Waals surface area contributed by atoms with Gasteiger partial charge in [-0.2, -0.15) is 5.10 Å². The molecule has 0 spiro atoms. The lowest BCUT2D eigenvalue weighted by atomic mass is 10.1. The molecule has 1 saturated heterocycles. The number of anilines is 2. The lowest BCUT2D eigenvalue weighted by molar-refractivity contribution is -0.122. The average molecular weight is 393 g/mol. The summed E-state index contributed by atoms with van der Waals surface area (Å²) >= 11 is 0. The smallest absolute Gasteiger partial charge is 0.229 e. The molecule has 8 heteroatoms. The number of rotatable bonds is 5. The topological polar surface area (TPSA) is 80.1 Å². The Kier molecular flexibility index (Phi) is 5.07. The van der Waals surface area contributed by atoms with Gasteiger partial charge >= 0.3 is 0 Å². The van der Waals surface area contributed by atoms with Gasteiger partial charge in [0.1, 0.15) is 18.3 Å². The Morgan fingerprint density at radius 2 is 2.03 bits per heavy atom. The second-order valence-corrected chi connectivity index (χ2v) is 6.92. The number of nitrogens with one attached hydrogen (secondary N) is 1. The molecule has 1 N–H and O–H groups in total. The number of aromatic nitrogens is 3. The summed E-state index contributed by atoms with van der Waals surface area (Å²) in [4.78, 5) is 30.4. The average Bonchev–Trinajstić information content (AvgIpc) is 3.38. The maximum Gasteiger partial charge on any atom is 0.229 e. The number of hydrogen-bond acceptors (Lipinski definition) is 4. The number of aryl methyl sites for hydroxylation is 1. The molecule has 2 heterocycles. The first kappa shape index (κ1) is 18.8. The molecule has 1 aromatic heterocycles. The van der Waals surface area contributed by atoms with Gasteiger partial charge in [-0.3, -0.25) is 9.59 Å². The van der Waals surface area contributed by atoms with E-state index in [0.29, 0.717) is 12.2 Å². The van der Waals surface area contributed by atoms with Crippen molar-refractivity contribution in [1.82, 2.24) is 14.8 Å². The zero-order chi connectivity index (χ0) is 20.4. The zero-order valence-corrected chi connectivity index (χ0v) is 15.9. The van der Waals surface area contributed by atoms with E-state index in [9.17, 15) is 14.0 Å². The molecule has 148 valence electrons. The van der Waals surface area contributed by atoms with Crippen LogP contribution < -0.4 is 10.2 Å². The van der Waals surface area contributed by atoms with Crippen molar-refractivity contribution in [3.05, 3.63) is 66.5 Å². The fraction of sp³-hybridized carbons (Fsp3) is 0.238. The zero-order valence-electron chi connectivity index (χ0n) is 15.9. The molecule has 29 heavy (non-hydrogen) atoms. The van der Waals surface area contributed by atoms with Crippen LogP contribution in [0.1, 0.15) is 18.9 Å². The van der Waals surface area contributed by atoms with Crippen LogP contribution in [0, 0.1) is 11.7 Å². The second kappa shape index (κ2) is 7.83. The number of benzene rings is 2. The SMILES string of the molecule is CCc1ccc(N2CC(C(=O)Nc3ccc(-n4cncn4)c(F)c3)CC2=O)cc1. The minimum absolute atomic E-state index is 0.0953. The fourth-order valence-corrected chi connectivity index (χ4v) is 3.39. The van der Waals surface area contributed by atoms with Crippen LogP contribution >= 0.6 is 0 Å². The third kappa shape index (κ3) is 3.87. The largest absolute Gasteiger partial charge is 0.326 e. The minimum atomic E-state index is -0.534. The third-order valence-electron chi connectivity index (χ3n) is 5.03. The number of nitrogens with zero attached hydrogens (tertiary/aromatic N) is 4. The molecule has 4 rings (SSSR count). The van der Waals surface area contributed by atoms with E-state index >= 15 is 0 Å². The van der Waals surface area contributed by atoms with E-state index < -0.39 is 11.7 Å². The minimum Gasteiger partial charge on any atom is -0.326 e. The molecule has 0 bridgehead atoms. The number of carbonyl (C=O) groups is 2. The van der Waals surface area contributed by atoms with Gasteiger partial charge in [-0.25, -0.2) is 14.1 Å². The van der Waals surface area contributed by atoms with Gasteiger partial charge in [0.25, 0.3) is 0 Å². The Labute approximate surface area is 167 Å². The highest BCUT2D eigenvalue weighted by Crippen LogP contribution is 2.27. The van der Waals surface area contributed by atoms with Crippen molar-refractivity contribution in [3.63, 3.8) is 0 Å². The predicted molar refractivity (Wildman–Crippen MR) is 106 cm³/mol. The summed E-state index contributed by atoms with van der Waals surface area (Å²) in [6.07, 6.45) is 3.75. The highest BCUT2D eigenvalue weighted by molar-refractivity contribution is 6.03. The maximum absolute atomic E-state index is 14.3. The van der Waals surface area contributed by atoms with Crippen LogP contribution in [0.25, 0.3) is 5.69 Å². The van der Waals surface area contributed by atoms with Gasteiger partial charge in [-0.15, -0.1) is 0 Å². The van der Waals surface area contributed by atoms with Crippen LogP contribution in [-0.2, 0) is 16.0 Å². The summed E-state index contributed by atoms with van der Waals surface area (Å²) in [6.45, 7) is 2.37. The molecule has 1 fully saturated rings. The molecule has 1 unspecified atom stereocenters. The van der Waals surface area contributed by atoms with Gasteiger partial charge in [0.2, 0.25) is 11.8 Å². The first-order valence-corrected chi connectivity index (χ1v) is 9.40. The van der Waals surface area contributed by atoms with Gasteiger partial charge in [-0.05, 0) is 42.3 Å². The van der Waals surface area contributed by atoms with Gasteiger partial charge in [0.15, 0.2) is 5.82 Å². The standard InChI is InChI=1S/C21H20FN5O2/c1-2-14-3-6-17(7-4-14)26-11-15(9-20(26)28)21(29)25-16-5-8-19(18(22)10-16)27-13-23-12-24-27/h3-8,10,12-13,15H,2,9,11H2,1H3,(H,25,29). The lowest BCUT2D eigenvalue weighted by Gasteiger charge is -2.17. The fourth-order valence-electron chi connectivity index (χ4n) is 3.39. The second-order valence-electron chi connectivity index (χ2n) is 6.92. The summed E-state index contributed by atoms with van der Waals surface area (Å²) in [6, 6.07) is 12.1. The number of halogens is 1. The van der Waals surface area contributed by atoms with Crippen molar-refractivity contribution < 1.29 is 14.0 Å². The number of hydrogen-bond donors (Lipinski definition) is 1. The first-order valence-electron chi connectivity index (χ1n) is 9.40. The van der Waals surface area contributed by atoms with Crippen molar-refractivity contribution in [1.29, 1.82) is 0 Å². The summed E-state index contributed by atoms with van der Waals surface area (Å²) in [7, 11) is 0.